The van der Waals surface area contributed by atoms with Crippen LogP contribution in [0.3, 0.4) is 0 Å². The molecule has 1 N–H and O–H groups in total. The molecule has 0 heterocycles. The molecule has 0 aliphatic heterocycles. The van der Waals surface area contributed by atoms with Gasteiger partial charge in [-0.25, -0.2) is 4.39 Å². The Morgan fingerprint density at radius 2 is 1.95 bits per heavy atom. The van der Waals surface area contributed by atoms with Crippen LogP contribution in [0.25, 0.3) is 11.1 Å². The fourth-order valence-electron chi connectivity index (χ4n) is 2.67. The Morgan fingerprint density at radius 1 is 1.15 bits per heavy atom. The summed E-state index contributed by atoms with van der Waals surface area (Å²) < 4.78 is 14.2. The topological polar surface area (TPSA) is 12.0 Å². The molecule has 1 nitrogen and oxygen atoms in total. The van der Waals surface area contributed by atoms with E-state index in [1.165, 1.54) is 18.4 Å². The molecule has 0 spiro atoms. The highest BCUT2D eigenvalue weighted by molar-refractivity contribution is 5.69. The van der Waals surface area contributed by atoms with Gasteiger partial charge in [0.2, 0.25) is 0 Å². The van der Waals surface area contributed by atoms with Crippen molar-refractivity contribution in [1.82, 2.24) is 5.32 Å². The van der Waals surface area contributed by atoms with Gasteiger partial charge in [0.05, 0.1) is 0 Å². The molecule has 2 aromatic rings. The minimum atomic E-state index is -0.130. The maximum Gasteiger partial charge on any atom is 0.131 e. The average Bonchev–Trinajstić information content (AvgIpc) is 3.19. The summed E-state index contributed by atoms with van der Waals surface area (Å²) in [5, 5.41) is 3.50. The van der Waals surface area contributed by atoms with Crippen LogP contribution in [-0.2, 0) is 6.54 Å². The lowest BCUT2D eigenvalue weighted by Gasteiger charge is -2.11. The van der Waals surface area contributed by atoms with Gasteiger partial charge in [0.25, 0.3) is 0 Å². The zero-order valence-electron chi connectivity index (χ0n) is 12.0. The predicted octanol–water partition coefficient (Wildman–Crippen LogP) is 4.36. The molecule has 20 heavy (non-hydrogen) atoms. The first-order chi connectivity index (χ1) is 9.63. The Bertz CT molecular complexity index is 606. The van der Waals surface area contributed by atoms with Crippen molar-refractivity contribution in [2.45, 2.75) is 39.3 Å². The number of benzene rings is 2. The van der Waals surface area contributed by atoms with Crippen molar-refractivity contribution in [2.75, 3.05) is 0 Å². The summed E-state index contributed by atoms with van der Waals surface area (Å²) in [6.45, 7) is 4.77. The summed E-state index contributed by atoms with van der Waals surface area (Å²) in [5.74, 6) is -0.130. The van der Waals surface area contributed by atoms with Gasteiger partial charge in [-0.15, -0.1) is 0 Å². The van der Waals surface area contributed by atoms with E-state index in [9.17, 15) is 4.39 Å². The Labute approximate surface area is 119 Å². The fraction of sp³-hybridized carbons (Fsp3) is 0.333. The number of nitrogens with one attached hydrogen (secondary N) is 1. The molecule has 3 rings (SSSR count). The highest BCUT2D eigenvalue weighted by Gasteiger charge is 2.20. The monoisotopic (exact) mass is 269 g/mol. The van der Waals surface area contributed by atoms with E-state index < -0.39 is 0 Å². The van der Waals surface area contributed by atoms with E-state index in [0.29, 0.717) is 6.04 Å². The first kappa shape index (κ1) is 13.3. The maximum atomic E-state index is 14.2. The van der Waals surface area contributed by atoms with Gasteiger partial charge in [-0.2, -0.15) is 0 Å². The van der Waals surface area contributed by atoms with E-state index in [-0.39, 0.29) is 5.82 Å². The Hall–Kier alpha value is -1.67. The number of aryl methyl sites for hydroxylation is 2. The molecule has 2 heteroatoms. The summed E-state index contributed by atoms with van der Waals surface area (Å²) in [7, 11) is 0. The average molecular weight is 269 g/mol. The van der Waals surface area contributed by atoms with Gasteiger partial charge in [-0.05, 0) is 61.1 Å². The maximum absolute atomic E-state index is 14.2. The van der Waals surface area contributed by atoms with Crippen molar-refractivity contribution >= 4 is 0 Å². The SMILES string of the molecule is Cc1cc(C)c(-c2cccc(CNC3CC3)c2)c(F)c1. The van der Waals surface area contributed by atoms with Crippen LogP contribution in [0.1, 0.15) is 29.5 Å². The van der Waals surface area contributed by atoms with E-state index in [1.807, 2.05) is 32.0 Å². The minimum absolute atomic E-state index is 0.130. The summed E-state index contributed by atoms with van der Waals surface area (Å²) >= 11 is 0. The van der Waals surface area contributed by atoms with Gasteiger partial charge in [0, 0.05) is 18.2 Å². The molecule has 0 unspecified atom stereocenters. The molecule has 104 valence electrons. The highest BCUT2D eigenvalue weighted by atomic mass is 19.1. The van der Waals surface area contributed by atoms with Crippen molar-refractivity contribution in [3.05, 3.63) is 58.9 Å². The molecular formula is C18H20FN. The first-order valence-electron chi connectivity index (χ1n) is 7.23. The molecule has 0 amide bonds. The second kappa shape index (κ2) is 5.37. The molecule has 0 bridgehead atoms. The van der Waals surface area contributed by atoms with Crippen LogP contribution in [0.2, 0.25) is 0 Å². The largest absolute Gasteiger partial charge is 0.310 e. The predicted molar refractivity (Wildman–Crippen MR) is 81.2 cm³/mol. The molecule has 0 radical (unpaired) electrons. The number of halogens is 1. The van der Waals surface area contributed by atoms with E-state index >= 15 is 0 Å². The zero-order valence-corrected chi connectivity index (χ0v) is 12.0. The van der Waals surface area contributed by atoms with Crippen molar-refractivity contribution in [3.8, 4) is 11.1 Å². The van der Waals surface area contributed by atoms with Crippen molar-refractivity contribution in [1.29, 1.82) is 0 Å². The summed E-state index contributed by atoms with van der Waals surface area (Å²) in [5.41, 5.74) is 4.87. The molecule has 1 aliphatic rings. The quantitative estimate of drug-likeness (QED) is 0.869. The van der Waals surface area contributed by atoms with Gasteiger partial charge < -0.3 is 5.32 Å². The van der Waals surface area contributed by atoms with Crippen LogP contribution >= 0.6 is 0 Å². The number of rotatable bonds is 4. The molecule has 0 atom stereocenters. The summed E-state index contributed by atoms with van der Waals surface area (Å²) in [4.78, 5) is 0. The van der Waals surface area contributed by atoms with Gasteiger partial charge >= 0.3 is 0 Å². The fourth-order valence-corrected chi connectivity index (χ4v) is 2.67. The van der Waals surface area contributed by atoms with Crippen LogP contribution in [0.4, 0.5) is 4.39 Å². The lowest BCUT2D eigenvalue weighted by atomic mass is 9.96. The number of hydrogen-bond acceptors (Lipinski definition) is 1. The second-order valence-corrected chi connectivity index (χ2v) is 5.79. The summed E-state index contributed by atoms with van der Waals surface area (Å²) in [6.07, 6.45) is 2.57. The van der Waals surface area contributed by atoms with E-state index in [1.54, 1.807) is 6.07 Å². The number of hydrogen-bond donors (Lipinski definition) is 1. The van der Waals surface area contributed by atoms with Gasteiger partial charge in [0.15, 0.2) is 0 Å². The molecule has 2 aromatic carbocycles. The first-order valence-corrected chi connectivity index (χ1v) is 7.23. The van der Waals surface area contributed by atoms with Crippen molar-refractivity contribution in [2.24, 2.45) is 0 Å². The second-order valence-electron chi connectivity index (χ2n) is 5.79. The van der Waals surface area contributed by atoms with Crippen LogP contribution in [0.15, 0.2) is 36.4 Å². The molecule has 1 saturated carbocycles. The van der Waals surface area contributed by atoms with E-state index in [4.69, 9.17) is 0 Å². The Kier molecular flexibility index (Phi) is 3.58. The molecule has 1 aliphatic carbocycles. The Balaban J connectivity index is 1.91. The Morgan fingerprint density at radius 3 is 2.65 bits per heavy atom. The molecule has 0 saturated heterocycles. The lowest BCUT2D eigenvalue weighted by Crippen LogP contribution is -2.15. The summed E-state index contributed by atoms with van der Waals surface area (Å²) in [6, 6.07) is 12.5. The third-order valence-electron chi connectivity index (χ3n) is 3.82. The van der Waals surface area contributed by atoms with Crippen LogP contribution in [-0.4, -0.2) is 6.04 Å². The van der Waals surface area contributed by atoms with Gasteiger partial charge in [0.1, 0.15) is 5.82 Å². The van der Waals surface area contributed by atoms with Crippen LogP contribution in [0.5, 0.6) is 0 Å². The van der Waals surface area contributed by atoms with Crippen molar-refractivity contribution < 1.29 is 4.39 Å². The smallest absolute Gasteiger partial charge is 0.131 e. The van der Waals surface area contributed by atoms with Crippen LogP contribution < -0.4 is 5.32 Å². The van der Waals surface area contributed by atoms with E-state index in [2.05, 4.69) is 17.4 Å². The highest BCUT2D eigenvalue weighted by Crippen LogP contribution is 2.28. The molecule has 1 fully saturated rings. The third-order valence-corrected chi connectivity index (χ3v) is 3.82. The van der Waals surface area contributed by atoms with Crippen LogP contribution in [0, 0.1) is 19.7 Å². The minimum Gasteiger partial charge on any atom is -0.310 e. The normalized spacial score (nSPS) is 14.6. The zero-order chi connectivity index (χ0) is 14.1. The van der Waals surface area contributed by atoms with E-state index in [0.717, 1.165) is 28.8 Å². The standard InChI is InChI=1S/C18H20FN/c1-12-8-13(2)18(17(19)9-12)15-5-3-4-14(10-15)11-20-16-6-7-16/h3-5,8-10,16,20H,6-7,11H2,1-2H3. The van der Waals surface area contributed by atoms with Gasteiger partial charge in [-0.3, -0.25) is 0 Å². The molecular weight excluding hydrogens is 249 g/mol. The lowest BCUT2D eigenvalue weighted by molar-refractivity contribution is 0.629. The van der Waals surface area contributed by atoms with Crippen molar-refractivity contribution in [3.63, 3.8) is 0 Å². The third kappa shape index (κ3) is 2.91. The van der Waals surface area contributed by atoms with Gasteiger partial charge in [-0.1, -0.05) is 24.3 Å². The molecule has 0 aromatic heterocycles.